The van der Waals surface area contributed by atoms with Crippen molar-refractivity contribution in [3.8, 4) is 22.8 Å². The molecule has 0 spiro atoms. The summed E-state index contributed by atoms with van der Waals surface area (Å²) in [5.74, 6) is 2.81. The van der Waals surface area contributed by atoms with Gasteiger partial charge in [0.05, 0.1) is 31.6 Å². The topological polar surface area (TPSA) is 42.8 Å². The Morgan fingerprint density at radius 1 is 0.946 bits per heavy atom. The zero-order valence-corrected chi connectivity index (χ0v) is 23.6. The number of pyridine rings is 1. The highest BCUT2D eigenvalue weighted by atomic mass is 16.5. The van der Waals surface area contributed by atoms with Crippen molar-refractivity contribution in [3.63, 3.8) is 0 Å². The number of ether oxygens (including phenoxy) is 2. The first-order valence-corrected chi connectivity index (χ1v) is 14.0. The summed E-state index contributed by atoms with van der Waals surface area (Å²) < 4.78 is 13.3. The Kier molecular flexibility index (Phi) is 7.77. The fraction of sp³-hybridized carbons (Fsp3) is 0.581. The second kappa shape index (κ2) is 11.0. The predicted molar refractivity (Wildman–Crippen MR) is 152 cm³/mol. The lowest BCUT2D eigenvalue weighted by atomic mass is 9.90. The molecule has 4 heterocycles. The molecule has 0 atom stereocenters. The molecule has 37 heavy (non-hydrogen) atoms. The predicted octanol–water partition coefficient (Wildman–Crippen LogP) is 5.87. The Hall–Kier alpha value is -2.57. The third-order valence-electron chi connectivity index (χ3n) is 8.66. The summed E-state index contributed by atoms with van der Waals surface area (Å²) in [5.41, 5.74) is 6.05. The summed E-state index contributed by atoms with van der Waals surface area (Å²) in [6.45, 7) is 13.1. The van der Waals surface area contributed by atoms with Gasteiger partial charge in [0.2, 0.25) is 0 Å². The van der Waals surface area contributed by atoms with Crippen molar-refractivity contribution in [1.29, 1.82) is 0 Å². The molecule has 0 amide bonds. The number of hydrogen-bond donors (Lipinski definition) is 0. The average Bonchev–Trinajstić information content (AvgIpc) is 3.17. The summed E-state index contributed by atoms with van der Waals surface area (Å²) >= 11 is 0. The summed E-state index contributed by atoms with van der Waals surface area (Å²) in [7, 11) is 5.49. The van der Waals surface area contributed by atoms with Crippen LogP contribution in [-0.2, 0) is 7.05 Å². The van der Waals surface area contributed by atoms with Crippen molar-refractivity contribution in [3.05, 3.63) is 41.7 Å². The van der Waals surface area contributed by atoms with E-state index in [0.717, 1.165) is 29.0 Å². The molecule has 6 heteroatoms. The molecule has 0 aliphatic carbocycles. The third-order valence-corrected chi connectivity index (χ3v) is 8.66. The summed E-state index contributed by atoms with van der Waals surface area (Å²) in [6.07, 6.45) is 7.14. The number of likely N-dealkylation sites (tertiary alicyclic amines) is 2. The summed E-state index contributed by atoms with van der Waals surface area (Å²) in [6, 6.07) is 9.29. The van der Waals surface area contributed by atoms with Gasteiger partial charge in [0.15, 0.2) is 11.5 Å². The standard InChI is InChI=1S/C31H44N4O2/c1-21(2)20-34-13-11-25(12-14-34)35-15-9-23(10-16-35)27-18-26-22(3)31(33(4)28(26)19-32-27)24-7-8-29(36-5)30(17-24)37-6/h7-8,17-19,21,23,25H,9-16,20H2,1-6H3. The van der Waals surface area contributed by atoms with Crippen LogP contribution >= 0.6 is 0 Å². The van der Waals surface area contributed by atoms with Gasteiger partial charge in [-0.1, -0.05) is 13.8 Å². The highest BCUT2D eigenvalue weighted by molar-refractivity contribution is 5.91. The van der Waals surface area contributed by atoms with Crippen LogP contribution < -0.4 is 9.47 Å². The first-order valence-electron chi connectivity index (χ1n) is 14.0. The van der Waals surface area contributed by atoms with E-state index in [0.29, 0.717) is 5.92 Å². The molecule has 2 aromatic heterocycles. The van der Waals surface area contributed by atoms with Crippen LogP contribution in [0.5, 0.6) is 11.5 Å². The molecule has 2 saturated heterocycles. The number of rotatable bonds is 7. The van der Waals surface area contributed by atoms with E-state index in [2.05, 4.69) is 66.6 Å². The van der Waals surface area contributed by atoms with E-state index < -0.39 is 0 Å². The van der Waals surface area contributed by atoms with Gasteiger partial charge in [-0.3, -0.25) is 4.98 Å². The van der Waals surface area contributed by atoms with Gasteiger partial charge in [-0.25, -0.2) is 0 Å². The van der Waals surface area contributed by atoms with Crippen molar-refractivity contribution >= 4 is 10.9 Å². The fourth-order valence-corrected chi connectivity index (χ4v) is 6.69. The maximum absolute atomic E-state index is 5.57. The lowest BCUT2D eigenvalue weighted by Gasteiger charge is -2.42. The van der Waals surface area contributed by atoms with Gasteiger partial charge in [-0.15, -0.1) is 0 Å². The molecule has 200 valence electrons. The van der Waals surface area contributed by atoms with E-state index in [4.69, 9.17) is 14.5 Å². The van der Waals surface area contributed by atoms with Crippen molar-refractivity contribution in [2.45, 2.75) is 58.4 Å². The van der Waals surface area contributed by atoms with Crippen molar-refractivity contribution < 1.29 is 9.47 Å². The molecule has 3 aromatic rings. The largest absolute Gasteiger partial charge is 0.493 e. The maximum Gasteiger partial charge on any atom is 0.161 e. The molecule has 0 N–H and O–H groups in total. The molecule has 2 aliphatic heterocycles. The molecule has 2 fully saturated rings. The van der Waals surface area contributed by atoms with Gasteiger partial charge in [-0.05, 0) is 94.5 Å². The Labute approximate surface area is 222 Å². The van der Waals surface area contributed by atoms with Crippen molar-refractivity contribution in [2.24, 2.45) is 13.0 Å². The monoisotopic (exact) mass is 504 g/mol. The van der Waals surface area contributed by atoms with E-state index in [1.165, 1.54) is 86.3 Å². The number of aryl methyl sites for hydroxylation is 2. The summed E-state index contributed by atoms with van der Waals surface area (Å²) in [5, 5.41) is 1.30. The average molecular weight is 505 g/mol. The van der Waals surface area contributed by atoms with Gasteiger partial charge in [0, 0.05) is 42.2 Å². The number of piperidine rings is 2. The number of nitrogens with zero attached hydrogens (tertiary/aromatic N) is 4. The van der Waals surface area contributed by atoms with Crippen LogP contribution in [0.25, 0.3) is 22.2 Å². The minimum Gasteiger partial charge on any atom is -0.493 e. The summed E-state index contributed by atoms with van der Waals surface area (Å²) in [4.78, 5) is 10.4. The quantitative estimate of drug-likeness (QED) is 0.403. The molecule has 1 aromatic carbocycles. The van der Waals surface area contributed by atoms with E-state index in [1.807, 2.05) is 6.07 Å². The van der Waals surface area contributed by atoms with Gasteiger partial charge in [0.1, 0.15) is 0 Å². The van der Waals surface area contributed by atoms with E-state index in [9.17, 15) is 0 Å². The van der Waals surface area contributed by atoms with Crippen LogP contribution in [-0.4, -0.2) is 72.3 Å². The second-order valence-electron chi connectivity index (χ2n) is 11.5. The van der Waals surface area contributed by atoms with Gasteiger partial charge < -0.3 is 23.8 Å². The van der Waals surface area contributed by atoms with Crippen LogP contribution in [0.15, 0.2) is 30.5 Å². The molecule has 5 rings (SSSR count). The van der Waals surface area contributed by atoms with Gasteiger partial charge in [0.25, 0.3) is 0 Å². The first-order chi connectivity index (χ1) is 17.9. The molecule has 0 saturated carbocycles. The molecule has 2 aliphatic rings. The van der Waals surface area contributed by atoms with E-state index in [-0.39, 0.29) is 0 Å². The smallest absolute Gasteiger partial charge is 0.161 e. The fourth-order valence-electron chi connectivity index (χ4n) is 6.69. The van der Waals surface area contributed by atoms with E-state index in [1.54, 1.807) is 14.2 Å². The van der Waals surface area contributed by atoms with Crippen LogP contribution in [0.3, 0.4) is 0 Å². The lowest BCUT2D eigenvalue weighted by Crippen LogP contribution is -2.48. The molecule has 0 radical (unpaired) electrons. The molecular formula is C31H44N4O2. The minimum atomic E-state index is 0.547. The highest BCUT2D eigenvalue weighted by Gasteiger charge is 2.29. The number of fused-ring (bicyclic) bond motifs is 1. The zero-order valence-electron chi connectivity index (χ0n) is 23.6. The Morgan fingerprint density at radius 2 is 1.65 bits per heavy atom. The van der Waals surface area contributed by atoms with E-state index >= 15 is 0 Å². The first kappa shape index (κ1) is 26.1. The van der Waals surface area contributed by atoms with Gasteiger partial charge >= 0.3 is 0 Å². The number of benzene rings is 1. The Morgan fingerprint density at radius 3 is 2.30 bits per heavy atom. The van der Waals surface area contributed by atoms with Crippen molar-refractivity contribution in [1.82, 2.24) is 19.4 Å². The zero-order chi connectivity index (χ0) is 26.1. The Balaban J connectivity index is 1.30. The second-order valence-corrected chi connectivity index (χ2v) is 11.5. The number of hydrogen-bond acceptors (Lipinski definition) is 5. The molecule has 0 bridgehead atoms. The highest BCUT2D eigenvalue weighted by Crippen LogP contribution is 2.38. The van der Waals surface area contributed by atoms with Crippen molar-refractivity contribution in [2.75, 3.05) is 46.9 Å². The molecule has 6 nitrogen and oxygen atoms in total. The number of aromatic nitrogens is 2. The lowest BCUT2D eigenvalue weighted by molar-refractivity contribution is 0.0824. The third kappa shape index (κ3) is 5.23. The van der Waals surface area contributed by atoms with Crippen LogP contribution in [0, 0.1) is 12.8 Å². The van der Waals surface area contributed by atoms with Crippen LogP contribution in [0.2, 0.25) is 0 Å². The van der Waals surface area contributed by atoms with Crippen LogP contribution in [0.4, 0.5) is 0 Å². The number of methoxy groups -OCH3 is 2. The van der Waals surface area contributed by atoms with Gasteiger partial charge in [-0.2, -0.15) is 0 Å². The van der Waals surface area contributed by atoms with Crippen LogP contribution in [0.1, 0.15) is 56.7 Å². The SMILES string of the molecule is COc1ccc(-c2c(C)c3cc(C4CCN(C5CCN(CC(C)C)CC5)CC4)ncc3n2C)cc1OC. The maximum atomic E-state index is 5.57. The minimum absolute atomic E-state index is 0.547. The normalized spacial score (nSPS) is 18.7. The molecule has 0 unspecified atom stereocenters. The molecular weight excluding hydrogens is 460 g/mol. The Bertz CT molecular complexity index is 1220.